The number of azo groups is 1. The molecule has 0 fully saturated rings. The zero-order chi connectivity index (χ0) is 19.3. The van der Waals surface area contributed by atoms with Crippen molar-refractivity contribution in [2.75, 3.05) is 0 Å². The standard InChI is InChI=1S/C21H15BrN4O2/c22-12-8-9-18-16(10-12)19(25-24-13-4-3-5-14(27)11-13)20-23-17-7-2-1-6-15(17)21(28)26(18)20/h1-2,6-11,23H,3-5H2. The van der Waals surface area contributed by atoms with Crippen molar-refractivity contribution in [2.45, 2.75) is 19.3 Å². The van der Waals surface area contributed by atoms with E-state index in [1.54, 1.807) is 16.5 Å². The van der Waals surface area contributed by atoms with Gasteiger partial charge in [-0.05, 0) is 43.2 Å². The molecule has 4 aromatic rings. The summed E-state index contributed by atoms with van der Waals surface area (Å²) in [6, 6.07) is 13.1. The number of halogens is 1. The maximum Gasteiger partial charge on any atom is 0.266 e. The molecule has 6 nitrogen and oxygen atoms in total. The number of nitrogens with one attached hydrogen (secondary N) is 1. The number of aromatic amines is 1. The molecule has 2 aromatic heterocycles. The average Bonchev–Trinajstić information content (AvgIpc) is 2.99. The number of carbonyl (C=O) groups excluding carboxylic acids is 1. The largest absolute Gasteiger partial charge is 0.339 e. The second kappa shape index (κ2) is 6.53. The molecular weight excluding hydrogens is 420 g/mol. The van der Waals surface area contributed by atoms with Crippen LogP contribution in [0.2, 0.25) is 0 Å². The normalized spacial score (nSPS) is 15.2. The average molecular weight is 435 g/mol. The summed E-state index contributed by atoms with van der Waals surface area (Å²) in [7, 11) is 0. The van der Waals surface area contributed by atoms with E-state index in [9.17, 15) is 9.59 Å². The number of aromatic nitrogens is 2. The van der Waals surface area contributed by atoms with E-state index in [4.69, 9.17) is 0 Å². The molecule has 138 valence electrons. The minimum Gasteiger partial charge on any atom is -0.339 e. The van der Waals surface area contributed by atoms with E-state index in [0.717, 1.165) is 33.7 Å². The van der Waals surface area contributed by atoms with Gasteiger partial charge in [0.2, 0.25) is 0 Å². The summed E-state index contributed by atoms with van der Waals surface area (Å²) in [5.41, 5.74) is 3.23. The van der Waals surface area contributed by atoms with Crippen LogP contribution in [-0.4, -0.2) is 15.2 Å². The minimum atomic E-state index is -0.106. The predicted molar refractivity (Wildman–Crippen MR) is 112 cm³/mol. The van der Waals surface area contributed by atoms with Crippen molar-refractivity contribution in [3.8, 4) is 0 Å². The number of para-hydroxylation sites is 1. The Labute approximate surface area is 167 Å². The topological polar surface area (TPSA) is 79.1 Å². The van der Waals surface area contributed by atoms with E-state index in [-0.39, 0.29) is 11.3 Å². The molecule has 2 heterocycles. The highest BCUT2D eigenvalue weighted by Crippen LogP contribution is 2.35. The lowest BCUT2D eigenvalue weighted by Gasteiger charge is -2.05. The van der Waals surface area contributed by atoms with Gasteiger partial charge in [0, 0.05) is 22.4 Å². The number of nitrogens with zero attached hydrogens (tertiary/aromatic N) is 3. The van der Waals surface area contributed by atoms with Crippen LogP contribution in [0.4, 0.5) is 5.69 Å². The van der Waals surface area contributed by atoms with Gasteiger partial charge >= 0.3 is 0 Å². The second-order valence-corrected chi connectivity index (χ2v) is 7.74. The van der Waals surface area contributed by atoms with Crippen molar-refractivity contribution in [2.24, 2.45) is 10.2 Å². The van der Waals surface area contributed by atoms with Gasteiger partial charge in [-0.3, -0.25) is 14.0 Å². The summed E-state index contributed by atoms with van der Waals surface area (Å²) in [5, 5.41) is 10.2. The number of carbonyl (C=O) groups is 1. The highest BCUT2D eigenvalue weighted by atomic mass is 79.9. The van der Waals surface area contributed by atoms with Crippen molar-refractivity contribution >= 4 is 54.9 Å². The lowest BCUT2D eigenvalue weighted by Crippen LogP contribution is -2.13. The van der Waals surface area contributed by atoms with Gasteiger partial charge in [-0.2, -0.15) is 5.11 Å². The number of rotatable bonds is 2. The van der Waals surface area contributed by atoms with Gasteiger partial charge in [0.25, 0.3) is 5.56 Å². The molecule has 1 aliphatic rings. The van der Waals surface area contributed by atoms with E-state index in [0.29, 0.717) is 28.8 Å². The van der Waals surface area contributed by atoms with Crippen LogP contribution < -0.4 is 5.56 Å². The number of benzene rings is 2. The van der Waals surface area contributed by atoms with Crippen LogP contribution in [0.5, 0.6) is 0 Å². The zero-order valence-corrected chi connectivity index (χ0v) is 16.4. The zero-order valence-electron chi connectivity index (χ0n) is 14.8. The molecule has 0 radical (unpaired) electrons. The van der Waals surface area contributed by atoms with Gasteiger partial charge in [0.15, 0.2) is 5.78 Å². The van der Waals surface area contributed by atoms with Crippen molar-refractivity contribution in [3.05, 3.63) is 69.1 Å². The summed E-state index contributed by atoms with van der Waals surface area (Å²) < 4.78 is 2.52. The van der Waals surface area contributed by atoms with Crippen molar-refractivity contribution in [1.29, 1.82) is 0 Å². The van der Waals surface area contributed by atoms with Gasteiger partial charge in [-0.1, -0.05) is 28.1 Å². The van der Waals surface area contributed by atoms with Crippen LogP contribution in [0.3, 0.4) is 0 Å². The Morgan fingerprint density at radius 1 is 1.00 bits per heavy atom. The third-order valence-corrected chi connectivity index (χ3v) is 5.47. The maximum absolute atomic E-state index is 13.2. The summed E-state index contributed by atoms with van der Waals surface area (Å²) >= 11 is 3.50. The van der Waals surface area contributed by atoms with Crippen molar-refractivity contribution < 1.29 is 4.79 Å². The Hall–Kier alpha value is -3.06. The Balaban J connectivity index is 1.84. The number of H-pyrrole nitrogens is 1. The molecule has 5 rings (SSSR count). The molecule has 1 N–H and O–H groups in total. The fourth-order valence-corrected chi connectivity index (χ4v) is 4.03. The second-order valence-electron chi connectivity index (χ2n) is 6.83. The smallest absolute Gasteiger partial charge is 0.266 e. The predicted octanol–water partition coefficient (Wildman–Crippen LogP) is 5.42. The van der Waals surface area contributed by atoms with E-state index in [1.807, 2.05) is 36.4 Å². The number of ketones is 1. The van der Waals surface area contributed by atoms with Crippen LogP contribution >= 0.6 is 15.9 Å². The van der Waals surface area contributed by atoms with Crippen LogP contribution in [0.1, 0.15) is 19.3 Å². The molecule has 0 bridgehead atoms. The molecule has 0 amide bonds. The van der Waals surface area contributed by atoms with Crippen LogP contribution in [0.25, 0.3) is 27.5 Å². The molecule has 0 unspecified atom stereocenters. The number of hydrogen-bond donors (Lipinski definition) is 1. The molecule has 28 heavy (non-hydrogen) atoms. The highest BCUT2D eigenvalue weighted by molar-refractivity contribution is 9.10. The highest BCUT2D eigenvalue weighted by Gasteiger charge is 2.17. The minimum absolute atomic E-state index is 0.0777. The molecule has 7 heteroatoms. The molecule has 2 aromatic carbocycles. The molecule has 0 aliphatic heterocycles. The third kappa shape index (κ3) is 2.70. The number of hydrogen-bond acceptors (Lipinski definition) is 4. The van der Waals surface area contributed by atoms with Crippen LogP contribution in [-0.2, 0) is 4.79 Å². The third-order valence-electron chi connectivity index (χ3n) is 4.98. The summed E-state index contributed by atoms with van der Waals surface area (Å²) in [4.78, 5) is 28.1. The Morgan fingerprint density at radius 2 is 1.86 bits per heavy atom. The van der Waals surface area contributed by atoms with Gasteiger partial charge in [-0.25, -0.2) is 0 Å². The molecule has 0 saturated carbocycles. The quantitative estimate of drug-likeness (QED) is 0.427. The first-order valence-electron chi connectivity index (χ1n) is 9.02. The monoisotopic (exact) mass is 434 g/mol. The van der Waals surface area contributed by atoms with Crippen LogP contribution in [0, 0.1) is 0 Å². The SMILES string of the molecule is O=C1C=C(N=Nc2c3cc(Br)ccc3n3c(=O)c4ccccc4[nH]c23)CCC1. The number of allylic oxidation sites excluding steroid dienone is 2. The van der Waals surface area contributed by atoms with Gasteiger partial charge in [0.05, 0.1) is 22.1 Å². The summed E-state index contributed by atoms with van der Waals surface area (Å²) in [6.45, 7) is 0. The van der Waals surface area contributed by atoms with Crippen LogP contribution in [0.15, 0.2) is 73.7 Å². The maximum atomic E-state index is 13.2. The Kier molecular flexibility index (Phi) is 3.98. The van der Waals surface area contributed by atoms with E-state index >= 15 is 0 Å². The molecule has 0 atom stereocenters. The Morgan fingerprint density at radius 3 is 2.71 bits per heavy atom. The molecule has 0 spiro atoms. The molecular formula is C21H15BrN4O2. The molecule has 1 aliphatic carbocycles. The first kappa shape index (κ1) is 17.1. The Bertz CT molecular complexity index is 1390. The first-order valence-corrected chi connectivity index (χ1v) is 9.81. The molecule has 0 saturated heterocycles. The van der Waals surface area contributed by atoms with E-state index in [1.165, 1.54) is 0 Å². The van der Waals surface area contributed by atoms with E-state index in [2.05, 4.69) is 31.1 Å². The van der Waals surface area contributed by atoms with Gasteiger partial charge < -0.3 is 4.98 Å². The van der Waals surface area contributed by atoms with Crippen molar-refractivity contribution in [1.82, 2.24) is 9.38 Å². The fraction of sp³-hybridized carbons (Fsp3) is 0.143. The van der Waals surface area contributed by atoms with E-state index < -0.39 is 0 Å². The van der Waals surface area contributed by atoms with Gasteiger partial charge in [0.1, 0.15) is 11.3 Å². The first-order chi connectivity index (χ1) is 13.6. The summed E-state index contributed by atoms with van der Waals surface area (Å²) in [5.74, 6) is 0.0777. The van der Waals surface area contributed by atoms with Gasteiger partial charge in [-0.15, -0.1) is 5.11 Å². The number of fused-ring (bicyclic) bond motifs is 4. The fourth-order valence-electron chi connectivity index (χ4n) is 3.67. The van der Waals surface area contributed by atoms with Crippen molar-refractivity contribution in [3.63, 3.8) is 0 Å². The lowest BCUT2D eigenvalue weighted by molar-refractivity contribution is -0.115. The summed E-state index contributed by atoms with van der Waals surface area (Å²) in [6.07, 6.45) is 3.63. The lowest BCUT2D eigenvalue weighted by atomic mass is 10.0.